The van der Waals surface area contributed by atoms with Crippen molar-refractivity contribution in [2.45, 2.75) is 13.0 Å². The molecule has 1 aliphatic heterocycles. The number of aromatic nitrogens is 1. The first kappa shape index (κ1) is 23.5. The minimum atomic E-state index is -0.876. The molecule has 3 aromatic carbocycles. The number of amides is 1. The second-order valence-electron chi connectivity index (χ2n) is 7.79. The van der Waals surface area contributed by atoms with E-state index < -0.39 is 17.7 Å². The van der Waals surface area contributed by atoms with Gasteiger partial charge in [0.2, 0.25) is 0 Å². The molecule has 176 valence electrons. The number of hydrogen-bond acceptors (Lipinski definition) is 6. The molecule has 1 fully saturated rings. The lowest BCUT2D eigenvalue weighted by atomic mass is 9.95. The summed E-state index contributed by atoms with van der Waals surface area (Å²) in [6.45, 7) is 2.31. The maximum Gasteiger partial charge on any atom is 0.301 e. The number of anilines is 1. The Hall–Kier alpha value is -3.20. The number of hydrogen-bond donors (Lipinski definition) is 1. The molecular formula is C26H18BrClN2O4S. The number of aliphatic hydroxyl groups is 1. The van der Waals surface area contributed by atoms with E-state index in [1.165, 1.54) is 16.2 Å². The highest BCUT2D eigenvalue weighted by molar-refractivity contribution is 9.10. The third kappa shape index (κ3) is 4.33. The standard InChI is InChI=1S/C26H18BrClN2O4S/c1-2-34-18-8-4-6-15(12-18)23(31)21-22(14-5-3-7-16(27)11-14)30(25(33)24(21)32)26-29-19-10-9-17(28)13-20(19)35-26/h3-13,22,31H,2H2,1H3/b23-21+. The number of ether oxygens (including phenoxy) is 1. The number of aliphatic hydroxyl groups excluding tert-OH is 1. The van der Waals surface area contributed by atoms with Crippen LogP contribution >= 0.6 is 38.9 Å². The van der Waals surface area contributed by atoms with Crippen molar-refractivity contribution in [2.75, 3.05) is 11.5 Å². The zero-order chi connectivity index (χ0) is 24.7. The Morgan fingerprint density at radius 3 is 2.71 bits per heavy atom. The number of thiazole rings is 1. The molecule has 2 heterocycles. The average molecular weight is 570 g/mol. The summed E-state index contributed by atoms with van der Waals surface area (Å²) in [5, 5.41) is 12.2. The van der Waals surface area contributed by atoms with Gasteiger partial charge in [-0.05, 0) is 55.0 Å². The minimum absolute atomic E-state index is 0.0148. The quantitative estimate of drug-likeness (QED) is 0.164. The lowest BCUT2D eigenvalue weighted by Crippen LogP contribution is -2.29. The second kappa shape index (κ2) is 9.45. The maximum absolute atomic E-state index is 13.4. The molecule has 0 bridgehead atoms. The van der Waals surface area contributed by atoms with Gasteiger partial charge < -0.3 is 9.84 Å². The summed E-state index contributed by atoms with van der Waals surface area (Å²) in [6.07, 6.45) is 0. The fourth-order valence-electron chi connectivity index (χ4n) is 4.07. The van der Waals surface area contributed by atoms with E-state index in [-0.39, 0.29) is 11.3 Å². The van der Waals surface area contributed by atoms with Crippen LogP contribution in [0.1, 0.15) is 24.1 Å². The van der Waals surface area contributed by atoms with E-state index in [0.29, 0.717) is 39.2 Å². The van der Waals surface area contributed by atoms with Gasteiger partial charge in [-0.1, -0.05) is 63.1 Å². The van der Waals surface area contributed by atoms with Crippen molar-refractivity contribution in [1.29, 1.82) is 0 Å². The number of nitrogens with zero attached hydrogens (tertiary/aromatic N) is 2. The Bertz CT molecular complexity index is 1520. The third-order valence-corrected chi connectivity index (χ3v) is 7.32. The molecule has 35 heavy (non-hydrogen) atoms. The topological polar surface area (TPSA) is 79.7 Å². The summed E-state index contributed by atoms with van der Waals surface area (Å²) in [5.41, 5.74) is 1.68. The molecule has 6 nitrogen and oxygen atoms in total. The number of Topliss-reactive ketones (excluding diaryl/α,β-unsaturated/α-hetero) is 1. The fraction of sp³-hybridized carbons (Fsp3) is 0.115. The van der Waals surface area contributed by atoms with E-state index in [4.69, 9.17) is 16.3 Å². The Balaban J connectivity index is 1.72. The van der Waals surface area contributed by atoms with Gasteiger partial charge in [0.1, 0.15) is 11.5 Å². The predicted octanol–water partition coefficient (Wildman–Crippen LogP) is 6.74. The van der Waals surface area contributed by atoms with Crippen molar-refractivity contribution in [3.05, 3.63) is 92.9 Å². The highest BCUT2D eigenvalue weighted by Gasteiger charge is 2.48. The lowest BCUT2D eigenvalue weighted by Gasteiger charge is -2.23. The molecule has 1 unspecified atom stereocenters. The summed E-state index contributed by atoms with van der Waals surface area (Å²) in [4.78, 5) is 32.7. The number of carbonyl (C=O) groups excluding carboxylic acids is 2. The van der Waals surface area contributed by atoms with Gasteiger partial charge in [-0.25, -0.2) is 4.98 Å². The van der Waals surface area contributed by atoms with Crippen molar-refractivity contribution in [3.8, 4) is 5.75 Å². The monoisotopic (exact) mass is 568 g/mol. The summed E-state index contributed by atoms with van der Waals surface area (Å²) in [5.74, 6) is -1.27. The van der Waals surface area contributed by atoms with Crippen LogP contribution in [-0.4, -0.2) is 28.4 Å². The van der Waals surface area contributed by atoms with E-state index in [1.807, 2.05) is 31.2 Å². The van der Waals surface area contributed by atoms with Gasteiger partial charge in [0.15, 0.2) is 5.13 Å². The summed E-state index contributed by atoms with van der Waals surface area (Å²) in [6, 6.07) is 18.5. The maximum atomic E-state index is 13.4. The zero-order valence-corrected chi connectivity index (χ0v) is 21.5. The van der Waals surface area contributed by atoms with Crippen molar-refractivity contribution in [1.82, 2.24) is 4.98 Å². The first-order valence-electron chi connectivity index (χ1n) is 10.7. The van der Waals surface area contributed by atoms with Crippen LogP contribution in [0, 0.1) is 0 Å². The van der Waals surface area contributed by atoms with Gasteiger partial charge in [0.05, 0.1) is 28.4 Å². The molecule has 0 aliphatic carbocycles. The fourth-order valence-corrected chi connectivity index (χ4v) is 5.75. The molecule has 1 N–H and O–H groups in total. The number of benzene rings is 3. The van der Waals surface area contributed by atoms with Crippen molar-refractivity contribution < 1.29 is 19.4 Å². The van der Waals surface area contributed by atoms with E-state index in [2.05, 4.69) is 20.9 Å². The molecule has 0 spiro atoms. The third-order valence-electron chi connectivity index (χ3n) is 5.57. The largest absolute Gasteiger partial charge is 0.507 e. The molecule has 5 rings (SSSR count). The molecule has 1 aromatic heterocycles. The van der Waals surface area contributed by atoms with Crippen molar-refractivity contribution in [3.63, 3.8) is 0 Å². The summed E-state index contributed by atoms with van der Waals surface area (Å²) >= 11 is 10.9. The zero-order valence-electron chi connectivity index (χ0n) is 18.4. The Kier molecular flexibility index (Phi) is 6.35. The van der Waals surface area contributed by atoms with Gasteiger partial charge in [0, 0.05) is 15.1 Å². The second-order valence-corrected chi connectivity index (χ2v) is 10.2. The van der Waals surface area contributed by atoms with Crippen molar-refractivity contribution >= 4 is 71.7 Å². The smallest absolute Gasteiger partial charge is 0.301 e. The molecule has 1 saturated heterocycles. The average Bonchev–Trinajstić information content (AvgIpc) is 3.37. The van der Waals surface area contributed by atoms with Crippen LogP contribution in [0.4, 0.5) is 5.13 Å². The van der Waals surface area contributed by atoms with Crippen LogP contribution in [0.15, 0.2) is 76.8 Å². The summed E-state index contributed by atoms with van der Waals surface area (Å²) < 4.78 is 7.10. The van der Waals surface area contributed by atoms with E-state index in [0.717, 1.165) is 9.17 Å². The molecule has 0 radical (unpaired) electrons. The molecule has 1 amide bonds. The number of rotatable bonds is 5. The van der Waals surface area contributed by atoms with Gasteiger partial charge in [-0.15, -0.1) is 0 Å². The predicted molar refractivity (Wildman–Crippen MR) is 141 cm³/mol. The van der Waals surface area contributed by atoms with Crippen LogP contribution in [0.3, 0.4) is 0 Å². The molecule has 4 aromatic rings. The first-order valence-corrected chi connectivity index (χ1v) is 12.7. The van der Waals surface area contributed by atoms with Crippen LogP contribution < -0.4 is 9.64 Å². The van der Waals surface area contributed by atoms with Crippen LogP contribution in [-0.2, 0) is 9.59 Å². The van der Waals surface area contributed by atoms with Crippen molar-refractivity contribution in [2.24, 2.45) is 0 Å². The Morgan fingerprint density at radius 1 is 1.14 bits per heavy atom. The molecular weight excluding hydrogens is 552 g/mol. The van der Waals surface area contributed by atoms with Gasteiger partial charge in [-0.3, -0.25) is 14.5 Å². The van der Waals surface area contributed by atoms with E-state index in [9.17, 15) is 14.7 Å². The number of carbonyl (C=O) groups is 2. The molecule has 1 atom stereocenters. The van der Waals surface area contributed by atoms with E-state index in [1.54, 1.807) is 42.5 Å². The van der Waals surface area contributed by atoms with Crippen LogP contribution in [0.5, 0.6) is 5.75 Å². The van der Waals surface area contributed by atoms with Gasteiger partial charge in [-0.2, -0.15) is 0 Å². The minimum Gasteiger partial charge on any atom is -0.507 e. The SMILES string of the molecule is CCOc1cccc(/C(O)=C2\C(=O)C(=O)N(c3nc4ccc(Cl)cc4s3)C2c2cccc(Br)c2)c1. The Labute approximate surface area is 218 Å². The highest BCUT2D eigenvalue weighted by Crippen LogP contribution is 2.45. The normalized spacial score (nSPS) is 17.3. The van der Waals surface area contributed by atoms with Gasteiger partial charge >= 0.3 is 5.91 Å². The number of fused-ring (bicyclic) bond motifs is 1. The highest BCUT2D eigenvalue weighted by atomic mass is 79.9. The molecule has 1 aliphatic rings. The van der Waals surface area contributed by atoms with Crippen LogP contribution in [0.2, 0.25) is 5.02 Å². The first-order chi connectivity index (χ1) is 16.9. The number of halogens is 2. The summed E-state index contributed by atoms with van der Waals surface area (Å²) in [7, 11) is 0. The Morgan fingerprint density at radius 2 is 1.94 bits per heavy atom. The number of ketones is 1. The van der Waals surface area contributed by atoms with E-state index >= 15 is 0 Å². The van der Waals surface area contributed by atoms with Crippen LogP contribution in [0.25, 0.3) is 16.0 Å². The van der Waals surface area contributed by atoms with Gasteiger partial charge in [0.25, 0.3) is 5.78 Å². The molecule has 9 heteroatoms. The lowest BCUT2D eigenvalue weighted by molar-refractivity contribution is -0.132. The molecule has 0 saturated carbocycles.